The van der Waals surface area contributed by atoms with Crippen molar-refractivity contribution in [3.05, 3.63) is 23.2 Å². The van der Waals surface area contributed by atoms with Crippen LogP contribution in [0.15, 0.2) is 18.2 Å². The van der Waals surface area contributed by atoms with Gasteiger partial charge in [-0.15, -0.1) is 0 Å². The number of benzene rings is 1. The fraction of sp³-hybridized carbons (Fsp3) is 0.143. The van der Waals surface area contributed by atoms with Crippen LogP contribution < -0.4 is 4.72 Å². The molecule has 1 aromatic rings. The molecule has 0 saturated heterocycles. The molecule has 0 saturated carbocycles. The molecule has 0 radical (unpaired) electrons. The van der Waals surface area contributed by atoms with Crippen LogP contribution in [0.3, 0.4) is 0 Å². The SMILES string of the molecule is CS(=O)(=O)Nc1cccc(Cl)c1O. The summed E-state index contributed by atoms with van der Waals surface area (Å²) in [6.45, 7) is 0. The summed E-state index contributed by atoms with van der Waals surface area (Å²) in [4.78, 5) is 0. The van der Waals surface area contributed by atoms with Crippen molar-refractivity contribution in [3.63, 3.8) is 0 Å². The highest BCUT2D eigenvalue weighted by atomic mass is 35.5. The first-order valence-electron chi connectivity index (χ1n) is 3.35. The van der Waals surface area contributed by atoms with Crippen molar-refractivity contribution in [1.29, 1.82) is 0 Å². The van der Waals surface area contributed by atoms with Crippen LogP contribution in [0.25, 0.3) is 0 Å². The molecule has 1 rings (SSSR count). The predicted molar refractivity (Wildman–Crippen MR) is 51.6 cm³/mol. The Kier molecular flexibility index (Phi) is 2.68. The Morgan fingerprint density at radius 2 is 2.08 bits per heavy atom. The molecule has 0 unspecified atom stereocenters. The normalized spacial score (nSPS) is 11.2. The van der Waals surface area contributed by atoms with E-state index in [0.29, 0.717) is 0 Å². The van der Waals surface area contributed by atoms with E-state index >= 15 is 0 Å². The number of aromatic hydroxyl groups is 1. The van der Waals surface area contributed by atoms with Gasteiger partial charge in [-0.3, -0.25) is 4.72 Å². The monoisotopic (exact) mass is 221 g/mol. The number of para-hydroxylation sites is 1. The fourth-order valence-corrected chi connectivity index (χ4v) is 1.54. The van der Waals surface area contributed by atoms with Crippen LogP contribution in [0.1, 0.15) is 0 Å². The molecule has 0 aromatic heterocycles. The van der Waals surface area contributed by atoms with Crippen molar-refractivity contribution >= 4 is 27.3 Å². The maximum absolute atomic E-state index is 10.8. The zero-order valence-corrected chi connectivity index (χ0v) is 8.35. The second-order valence-electron chi connectivity index (χ2n) is 2.51. The lowest BCUT2D eigenvalue weighted by Crippen LogP contribution is -2.09. The van der Waals surface area contributed by atoms with Crippen molar-refractivity contribution < 1.29 is 13.5 Å². The van der Waals surface area contributed by atoms with Crippen molar-refractivity contribution in [1.82, 2.24) is 0 Å². The van der Waals surface area contributed by atoms with Crippen LogP contribution in [0.5, 0.6) is 5.75 Å². The number of phenols is 1. The Hall–Kier alpha value is -0.940. The van der Waals surface area contributed by atoms with Crippen molar-refractivity contribution in [3.8, 4) is 5.75 Å². The van der Waals surface area contributed by atoms with E-state index in [1.165, 1.54) is 18.2 Å². The molecule has 2 N–H and O–H groups in total. The molecule has 4 nitrogen and oxygen atoms in total. The summed E-state index contributed by atoms with van der Waals surface area (Å²) in [5, 5.41) is 9.41. The van der Waals surface area contributed by atoms with Gasteiger partial charge in [-0.05, 0) is 12.1 Å². The number of phenolic OH excluding ortho intramolecular Hbond substituents is 1. The maximum Gasteiger partial charge on any atom is 0.229 e. The van der Waals surface area contributed by atoms with E-state index < -0.39 is 10.0 Å². The van der Waals surface area contributed by atoms with Crippen LogP contribution in [0, 0.1) is 0 Å². The minimum absolute atomic E-state index is 0.0787. The Morgan fingerprint density at radius 1 is 1.46 bits per heavy atom. The van der Waals surface area contributed by atoms with Gasteiger partial charge in [0.15, 0.2) is 5.75 Å². The van der Waals surface area contributed by atoms with E-state index in [2.05, 4.69) is 4.72 Å². The molecule has 13 heavy (non-hydrogen) atoms. The van der Waals surface area contributed by atoms with Gasteiger partial charge in [0.1, 0.15) is 0 Å². The highest BCUT2D eigenvalue weighted by molar-refractivity contribution is 7.92. The first-order valence-corrected chi connectivity index (χ1v) is 5.62. The van der Waals surface area contributed by atoms with E-state index in [-0.39, 0.29) is 16.5 Å². The zero-order valence-electron chi connectivity index (χ0n) is 6.78. The molecule has 0 fully saturated rings. The van der Waals surface area contributed by atoms with Gasteiger partial charge in [-0.2, -0.15) is 0 Å². The number of nitrogens with one attached hydrogen (secondary N) is 1. The molecule has 0 heterocycles. The Balaban J connectivity index is 3.10. The molecule has 0 bridgehead atoms. The highest BCUT2D eigenvalue weighted by Gasteiger charge is 2.08. The molecule has 1 aromatic carbocycles. The molecule has 6 heteroatoms. The molecule has 0 atom stereocenters. The lowest BCUT2D eigenvalue weighted by Gasteiger charge is -2.06. The number of rotatable bonds is 2. The zero-order chi connectivity index (χ0) is 10.1. The molecule has 0 aliphatic rings. The summed E-state index contributed by atoms with van der Waals surface area (Å²) in [7, 11) is -3.39. The van der Waals surface area contributed by atoms with Gasteiger partial charge < -0.3 is 5.11 Å². The van der Waals surface area contributed by atoms with Crippen LogP contribution >= 0.6 is 11.6 Å². The molecule has 72 valence electrons. The third-order valence-electron chi connectivity index (χ3n) is 1.28. The molecule has 0 aliphatic carbocycles. The first-order chi connectivity index (χ1) is 5.90. The third kappa shape index (κ3) is 2.78. The first kappa shape index (κ1) is 10.1. The molecule has 0 spiro atoms. The summed E-state index contributed by atoms with van der Waals surface area (Å²) in [6.07, 6.45) is 0.993. The number of halogens is 1. The van der Waals surface area contributed by atoms with E-state index in [9.17, 15) is 13.5 Å². The van der Waals surface area contributed by atoms with Crippen LogP contribution in [0.2, 0.25) is 5.02 Å². The lowest BCUT2D eigenvalue weighted by atomic mass is 10.3. The smallest absolute Gasteiger partial charge is 0.229 e. The van der Waals surface area contributed by atoms with Crippen molar-refractivity contribution in [2.24, 2.45) is 0 Å². The lowest BCUT2D eigenvalue weighted by molar-refractivity contribution is 0.478. The maximum atomic E-state index is 10.8. The van der Waals surface area contributed by atoms with Gasteiger partial charge in [0.05, 0.1) is 17.0 Å². The van der Waals surface area contributed by atoms with Gasteiger partial charge in [0.25, 0.3) is 0 Å². The Labute approximate surface area is 81.2 Å². The van der Waals surface area contributed by atoms with Crippen LogP contribution in [-0.2, 0) is 10.0 Å². The molecule has 0 aliphatic heterocycles. The Bertz CT molecular complexity index is 416. The average molecular weight is 222 g/mol. The minimum atomic E-state index is -3.39. The van der Waals surface area contributed by atoms with Gasteiger partial charge in [0, 0.05) is 0 Å². The van der Waals surface area contributed by atoms with Gasteiger partial charge in [-0.1, -0.05) is 17.7 Å². The van der Waals surface area contributed by atoms with Crippen molar-refractivity contribution in [2.45, 2.75) is 0 Å². The summed E-state index contributed by atoms with van der Waals surface area (Å²) in [5.74, 6) is -0.269. The summed E-state index contributed by atoms with van der Waals surface area (Å²) in [6, 6.07) is 4.42. The second kappa shape index (κ2) is 3.43. The summed E-state index contributed by atoms with van der Waals surface area (Å²) < 4.78 is 23.7. The van der Waals surface area contributed by atoms with Gasteiger partial charge in [-0.25, -0.2) is 8.42 Å². The van der Waals surface area contributed by atoms with E-state index in [0.717, 1.165) is 6.26 Å². The minimum Gasteiger partial charge on any atom is -0.504 e. The van der Waals surface area contributed by atoms with Gasteiger partial charge >= 0.3 is 0 Å². The third-order valence-corrected chi connectivity index (χ3v) is 2.18. The molecular weight excluding hydrogens is 214 g/mol. The Morgan fingerprint density at radius 3 is 2.62 bits per heavy atom. The molecule has 0 amide bonds. The quantitative estimate of drug-likeness (QED) is 0.743. The topological polar surface area (TPSA) is 66.4 Å². The highest BCUT2D eigenvalue weighted by Crippen LogP contribution is 2.31. The van der Waals surface area contributed by atoms with Gasteiger partial charge in [0.2, 0.25) is 10.0 Å². The van der Waals surface area contributed by atoms with Crippen molar-refractivity contribution in [2.75, 3.05) is 11.0 Å². The van der Waals surface area contributed by atoms with E-state index in [4.69, 9.17) is 11.6 Å². The number of sulfonamides is 1. The number of anilines is 1. The summed E-state index contributed by atoms with van der Waals surface area (Å²) >= 11 is 5.56. The second-order valence-corrected chi connectivity index (χ2v) is 4.67. The molecular formula is C7H8ClNO3S. The van der Waals surface area contributed by atoms with Crippen LogP contribution in [0.4, 0.5) is 5.69 Å². The predicted octanol–water partition coefficient (Wildman–Crippen LogP) is 1.42. The largest absolute Gasteiger partial charge is 0.504 e. The van der Waals surface area contributed by atoms with Crippen LogP contribution in [-0.4, -0.2) is 19.8 Å². The van der Waals surface area contributed by atoms with E-state index in [1.54, 1.807) is 0 Å². The fourth-order valence-electron chi connectivity index (χ4n) is 0.797. The number of hydrogen-bond donors (Lipinski definition) is 2. The number of hydrogen-bond acceptors (Lipinski definition) is 3. The standard InChI is InChI=1S/C7H8ClNO3S/c1-13(11,12)9-6-4-2-3-5(8)7(6)10/h2-4,9-10H,1H3. The summed E-state index contributed by atoms with van der Waals surface area (Å²) in [5.41, 5.74) is 0.0787. The van der Waals surface area contributed by atoms with E-state index in [1.807, 2.05) is 0 Å². The average Bonchev–Trinajstić information content (AvgIpc) is 1.96.